The smallest absolute Gasteiger partial charge is 0.410 e. The van der Waals surface area contributed by atoms with Gasteiger partial charge in [-0.1, -0.05) is 6.92 Å². The van der Waals surface area contributed by atoms with Gasteiger partial charge in [0, 0.05) is 45.1 Å². The van der Waals surface area contributed by atoms with Crippen LogP contribution in [0.5, 0.6) is 0 Å². The van der Waals surface area contributed by atoms with Gasteiger partial charge in [-0.15, -0.1) is 0 Å². The third kappa shape index (κ3) is 5.04. The molecular formula is C17H25N5O3. The molecule has 1 aliphatic carbocycles. The van der Waals surface area contributed by atoms with Crippen LogP contribution in [0.4, 0.5) is 10.7 Å². The molecule has 1 saturated carbocycles. The van der Waals surface area contributed by atoms with E-state index in [1.165, 1.54) is 12.8 Å². The molecule has 3 rings (SSSR count). The van der Waals surface area contributed by atoms with E-state index in [4.69, 9.17) is 4.74 Å². The van der Waals surface area contributed by atoms with Gasteiger partial charge in [0.1, 0.15) is 0 Å². The first kappa shape index (κ1) is 17.4. The van der Waals surface area contributed by atoms with Gasteiger partial charge < -0.3 is 19.9 Å². The highest BCUT2D eigenvalue weighted by molar-refractivity contribution is 5.80. The molecule has 1 N–H and O–H groups in total. The molecule has 2 heterocycles. The number of aryl methyl sites for hydroxylation is 1. The first-order chi connectivity index (χ1) is 12.2. The molecule has 25 heavy (non-hydrogen) atoms. The Labute approximate surface area is 147 Å². The fourth-order valence-corrected chi connectivity index (χ4v) is 2.63. The zero-order valence-corrected chi connectivity index (χ0v) is 14.6. The number of carbonyl (C=O) groups excluding carboxylic acids is 2. The maximum atomic E-state index is 12.1. The van der Waals surface area contributed by atoms with Crippen molar-refractivity contribution in [3.63, 3.8) is 0 Å². The zero-order valence-electron chi connectivity index (χ0n) is 14.6. The van der Waals surface area contributed by atoms with Crippen LogP contribution in [0.2, 0.25) is 0 Å². The van der Waals surface area contributed by atoms with Gasteiger partial charge in [0.15, 0.2) is 6.61 Å². The van der Waals surface area contributed by atoms with Crippen LogP contribution in [0, 0.1) is 5.92 Å². The lowest BCUT2D eigenvalue weighted by Gasteiger charge is -2.33. The average molecular weight is 347 g/mol. The fourth-order valence-electron chi connectivity index (χ4n) is 2.63. The van der Waals surface area contributed by atoms with Crippen LogP contribution in [0.15, 0.2) is 12.4 Å². The van der Waals surface area contributed by atoms with Crippen LogP contribution in [0.3, 0.4) is 0 Å². The molecule has 0 unspecified atom stereocenters. The molecule has 1 aliphatic heterocycles. The Morgan fingerprint density at radius 1 is 1.20 bits per heavy atom. The van der Waals surface area contributed by atoms with Crippen LogP contribution in [0.25, 0.3) is 0 Å². The highest BCUT2D eigenvalue weighted by Gasteiger charge is 2.25. The number of aromatic nitrogens is 2. The number of piperazine rings is 1. The molecule has 2 fully saturated rings. The van der Waals surface area contributed by atoms with Gasteiger partial charge in [0.05, 0.1) is 0 Å². The Morgan fingerprint density at radius 3 is 2.48 bits per heavy atom. The SMILES string of the molecule is CCc1cnc(N2CCN(C(=O)OCC(=O)NCC3CC3)CC2)nc1. The molecule has 0 atom stereocenters. The second-order valence-corrected chi connectivity index (χ2v) is 6.52. The Balaban J connectivity index is 1.38. The van der Waals surface area contributed by atoms with Crippen molar-refractivity contribution in [2.75, 3.05) is 44.2 Å². The van der Waals surface area contributed by atoms with Crippen LogP contribution < -0.4 is 10.2 Å². The Morgan fingerprint density at radius 2 is 1.88 bits per heavy atom. The van der Waals surface area contributed by atoms with Gasteiger partial charge in [-0.05, 0) is 30.7 Å². The van der Waals surface area contributed by atoms with E-state index in [1.807, 2.05) is 17.3 Å². The van der Waals surface area contributed by atoms with Crippen molar-refractivity contribution in [1.29, 1.82) is 0 Å². The Kier molecular flexibility index (Phi) is 5.67. The largest absolute Gasteiger partial charge is 0.439 e. The van der Waals surface area contributed by atoms with E-state index in [9.17, 15) is 9.59 Å². The predicted octanol–water partition coefficient (Wildman–Crippen LogP) is 0.824. The van der Waals surface area contributed by atoms with E-state index in [-0.39, 0.29) is 12.5 Å². The number of nitrogens with zero attached hydrogens (tertiary/aromatic N) is 4. The molecule has 8 heteroatoms. The van der Waals surface area contributed by atoms with E-state index in [0.29, 0.717) is 44.6 Å². The van der Waals surface area contributed by atoms with Gasteiger partial charge in [0.2, 0.25) is 5.95 Å². The van der Waals surface area contributed by atoms with Gasteiger partial charge in [-0.2, -0.15) is 0 Å². The number of hydrogen-bond acceptors (Lipinski definition) is 6. The number of ether oxygens (including phenoxy) is 1. The molecule has 2 aliphatic rings. The molecule has 136 valence electrons. The van der Waals surface area contributed by atoms with Crippen molar-refractivity contribution in [2.45, 2.75) is 26.2 Å². The third-order valence-electron chi connectivity index (χ3n) is 4.53. The second kappa shape index (κ2) is 8.13. The van der Waals surface area contributed by atoms with Crippen molar-refractivity contribution in [3.05, 3.63) is 18.0 Å². The number of rotatable bonds is 6. The monoisotopic (exact) mass is 347 g/mol. The summed E-state index contributed by atoms with van der Waals surface area (Å²) in [5.41, 5.74) is 1.10. The van der Waals surface area contributed by atoms with E-state index >= 15 is 0 Å². The van der Waals surface area contributed by atoms with Crippen molar-refractivity contribution >= 4 is 17.9 Å². The molecule has 0 aromatic carbocycles. The summed E-state index contributed by atoms with van der Waals surface area (Å²) in [6.45, 7) is 4.89. The fraction of sp³-hybridized carbons (Fsp3) is 0.647. The minimum atomic E-state index is -0.441. The maximum absolute atomic E-state index is 12.1. The van der Waals surface area contributed by atoms with E-state index in [0.717, 1.165) is 12.0 Å². The van der Waals surface area contributed by atoms with Gasteiger partial charge >= 0.3 is 6.09 Å². The summed E-state index contributed by atoms with van der Waals surface area (Å²) < 4.78 is 5.09. The molecular weight excluding hydrogens is 322 g/mol. The summed E-state index contributed by atoms with van der Waals surface area (Å²) in [5, 5.41) is 2.78. The van der Waals surface area contributed by atoms with Crippen molar-refractivity contribution in [1.82, 2.24) is 20.2 Å². The topological polar surface area (TPSA) is 87.7 Å². The second-order valence-electron chi connectivity index (χ2n) is 6.52. The standard InChI is InChI=1S/C17H25N5O3/c1-2-13-9-19-16(20-10-13)21-5-7-22(8-6-21)17(24)25-12-15(23)18-11-14-3-4-14/h9-10,14H,2-8,11-12H2,1H3,(H,18,23). The van der Waals surface area contributed by atoms with Crippen molar-refractivity contribution < 1.29 is 14.3 Å². The molecule has 1 aromatic heterocycles. The molecule has 0 bridgehead atoms. The summed E-state index contributed by atoms with van der Waals surface area (Å²) in [6, 6.07) is 0. The quantitative estimate of drug-likeness (QED) is 0.820. The number of carbonyl (C=O) groups is 2. The molecule has 1 aromatic rings. The first-order valence-corrected chi connectivity index (χ1v) is 8.90. The predicted molar refractivity (Wildman–Crippen MR) is 92.3 cm³/mol. The number of anilines is 1. The summed E-state index contributed by atoms with van der Waals surface area (Å²) in [7, 11) is 0. The highest BCUT2D eigenvalue weighted by atomic mass is 16.6. The van der Waals surface area contributed by atoms with Gasteiger partial charge in [-0.25, -0.2) is 14.8 Å². The van der Waals surface area contributed by atoms with Gasteiger partial charge in [-0.3, -0.25) is 4.79 Å². The average Bonchev–Trinajstić information content (AvgIpc) is 3.49. The lowest BCUT2D eigenvalue weighted by atomic mass is 10.3. The lowest BCUT2D eigenvalue weighted by molar-refractivity contribution is -0.124. The zero-order chi connectivity index (χ0) is 17.6. The minimum absolute atomic E-state index is 0.215. The first-order valence-electron chi connectivity index (χ1n) is 8.90. The normalized spacial score (nSPS) is 17.3. The summed E-state index contributed by atoms with van der Waals surface area (Å²) in [5.74, 6) is 1.06. The van der Waals surface area contributed by atoms with Gasteiger partial charge in [0.25, 0.3) is 5.91 Å². The summed E-state index contributed by atoms with van der Waals surface area (Å²) in [6.07, 6.45) is 6.49. The lowest BCUT2D eigenvalue weighted by Crippen LogP contribution is -2.49. The van der Waals surface area contributed by atoms with E-state index < -0.39 is 6.09 Å². The van der Waals surface area contributed by atoms with Crippen LogP contribution in [0.1, 0.15) is 25.3 Å². The summed E-state index contributed by atoms with van der Waals surface area (Å²) in [4.78, 5) is 36.1. The number of hydrogen-bond donors (Lipinski definition) is 1. The van der Waals surface area contributed by atoms with Crippen LogP contribution in [-0.4, -0.2) is 66.2 Å². The van der Waals surface area contributed by atoms with E-state index in [1.54, 1.807) is 4.90 Å². The van der Waals surface area contributed by atoms with Crippen molar-refractivity contribution in [3.8, 4) is 0 Å². The molecule has 0 spiro atoms. The molecule has 1 saturated heterocycles. The molecule has 2 amide bonds. The maximum Gasteiger partial charge on any atom is 0.410 e. The minimum Gasteiger partial charge on any atom is -0.439 e. The van der Waals surface area contributed by atoms with E-state index in [2.05, 4.69) is 22.2 Å². The number of nitrogens with one attached hydrogen (secondary N) is 1. The highest BCUT2D eigenvalue weighted by Crippen LogP contribution is 2.27. The number of amides is 2. The molecule has 8 nitrogen and oxygen atoms in total. The summed E-state index contributed by atoms with van der Waals surface area (Å²) >= 11 is 0. The molecule has 0 radical (unpaired) electrons. The Hall–Kier alpha value is -2.38. The van der Waals surface area contributed by atoms with Crippen LogP contribution in [-0.2, 0) is 16.0 Å². The third-order valence-corrected chi connectivity index (χ3v) is 4.53. The van der Waals surface area contributed by atoms with Crippen molar-refractivity contribution in [2.24, 2.45) is 5.92 Å². The Bertz CT molecular complexity index is 595. The van der Waals surface area contributed by atoms with Crippen LogP contribution >= 0.6 is 0 Å².